The average molecular weight is 287 g/mol. The molecule has 0 saturated carbocycles. The first-order chi connectivity index (χ1) is 10.2. The predicted octanol–water partition coefficient (Wildman–Crippen LogP) is 2.70. The Morgan fingerprint density at radius 3 is 2.38 bits per heavy atom. The number of rotatable bonds is 3. The van der Waals surface area contributed by atoms with Crippen LogP contribution in [0.25, 0.3) is 17.1 Å². The minimum Gasteiger partial charge on any atom is -0.388 e. The first kappa shape index (κ1) is 13.4. The second-order valence-electron chi connectivity index (χ2n) is 4.40. The van der Waals surface area contributed by atoms with Crippen molar-refractivity contribution in [1.29, 1.82) is 0 Å². The van der Waals surface area contributed by atoms with Crippen LogP contribution in [0.3, 0.4) is 0 Å². The number of aliphatic hydroxyl groups is 1. The molecule has 0 aliphatic rings. The minimum absolute atomic E-state index is 0.314. The Hall–Kier alpha value is -2.60. The number of para-hydroxylation sites is 1. The molecule has 0 aliphatic heterocycles. The third kappa shape index (κ3) is 2.41. The molecule has 1 N–H and O–H groups in total. The highest BCUT2D eigenvalue weighted by Gasteiger charge is 2.16. The van der Waals surface area contributed by atoms with Crippen molar-refractivity contribution in [3.8, 4) is 17.1 Å². The zero-order chi connectivity index (χ0) is 14.8. The molecule has 0 unspecified atom stereocenters. The lowest BCUT2D eigenvalue weighted by Gasteiger charge is -2.09. The maximum absolute atomic E-state index is 13.4. The van der Waals surface area contributed by atoms with Crippen LogP contribution in [0.5, 0.6) is 0 Å². The molecule has 1 aromatic heterocycles. The van der Waals surface area contributed by atoms with E-state index in [1.807, 2.05) is 30.3 Å². The quantitative estimate of drug-likeness (QED) is 0.805. The zero-order valence-electron chi connectivity index (χ0n) is 10.9. The molecule has 21 heavy (non-hydrogen) atoms. The number of aromatic nitrogens is 3. The predicted molar refractivity (Wildman–Crippen MR) is 72.6 cm³/mol. The van der Waals surface area contributed by atoms with Gasteiger partial charge in [-0.05, 0) is 30.3 Å². The molecule has 0 atom stereocenters. The fourth-order valence-corrected chi connectivity index (χ4v) is 2.09. The van der Waals surface area contributed by atoms with E-state index in [2.05, 4.69) is 10.2 Å². The van der Waals surface area contributed by atoms with Gasteiger partial charge in [0.1, 0.15) is 6.61 Å². The molecule has 2 aromatic carbocycles. The number of aliphatic hydroxyl groups excluding tert-OH is 1. The van der Waals surface area contributed by atoms with Gasteiger partial charge in [-0.2, -0.15) is 0 Å². The van der Waals surface area contributed by atoms with E-state index in [4.69, 9.17) is 0 Å². The van der Waals surface area contributed by atoms with Crippen LogP contribution >= 0.6 is 0 Å². The third-order valence-corrected chi connectivity index (χ3v) is 3.06. The van der Waals surface area contributed by atoms with E-state index >= 15 is 0 Å². The zero-order valence-corrected chi connectivity index (χ0v) is 10.9. The summed E-state index contributed by atoms with van der Waals surface area (Å²) < 4.78 is 28.1. The summed E-state index contributed by atoms with van der Waals surface area (Å²) in [5, 5.41) is 17.2. The van der Waals surface area contributed by atoms with Crippen molar-refractivity contribution in [2.75, 3.05) is 0 Å². The van der Waals surface area contributed by atoms with Gasteiger partial charge in [0, 0.05) is 11.3 Å². The summed E-state index contributed by atoms with van der Waals surface area (Å²) in [5.41, 5.74) is 1.11. The van der Waals surface area contributed by atoms with E-state index in [9.17, 15) is 13.9 Å². The van der Waals surface area contributed by atoms with E-state index in [1.54, 1.807) is 4.57 Å². The second-order valence-corrected chi connectivity index (χ2v) is 4.40. The van der Waals surface area contributed by atoms with Gasteiger partial charge in [0.15, 0.2) is 23.3 Å². The Labute approximate surface area is 119 Å². The maximum Gasteiger partial charge on any atom is 0.168 e. The highest BCUT2D eigenvalue weighted by molar-refractivity contribution is 5.58. The lowest BCUT2D eigenvalue weighted by Crippen LogP contribution is -2.03. The topological polar surface area (TPSA) is 50.9 Å². The van der Waals surface area contributed by atoms with Crippen LogP contribution in [-0.4, -0.2) is 19.9 Å². The van der Waals surface area contributed by atoms with Gasteiger partial charge in [0.05, 0.1) is 0 Å². The van der Waals surface area contributed by atoms with Crippen molar-refractivity contribution >= 4 is 0 Å². The number of halogens is 2. The number of hydrogen-bond donors (Lipinski definition) is 1. The molecule has 0 saturated heterocycles. The SMILES string of the molecule is OCc1nnc(-c2ccc(F)c(F)c2)n1-c1ccccc1. The van der Waals surface area contributed by atoms with E-state index in [0.29, 0.717) is 17.2 Å². The van der Waals surface area contributed by atoms with Crippen LogP contribution in [0.4, 0.5) is 8.78 Å². The van der Waals surface area contributed by atoms with Crippen LogP contribution < -0.4 is 0 Å². The largest absolute Gasteiger partial charge is 0.388 e. The molecule has 6 heteroatoms. The first-order valence-electron chi connectivity index (χ1n) is 6.26. The number of benzene rings is 2. The Morgan fingerprint density at radius 2 is 1.71 bits per heavy atom. The summed E-state index contributed by atoms with van der Waals surface area (Å²) in [6.07, 6.45) is 0. The van der Waals surface area contributed by atoms with Crippen molar-refractivity contribution in [3.63, 3.8) is 0 Å². The molecule has 1 heterocycles. The van der Waals surface area contributed by atoms with Gasteiger partial charge in [0.25, 0.3) is 0 Å². The molecule has 0 fully saturated rings. The molecular formula is C15H11F2N3O. The van der Waals surface area contributed by atoms with Gasteiger partial charge in [-0.1, -0.05) is 18.2 Å². The normalized spacial score (nSPS) is 10.8. The van der Waals surface area contributed by atoms with Gasteiger partial charge in [-0.25, -0.2) is 8.78 Å². The van der Waals surface area contributed by atoms with E-state index in [-0.39, 0.29) is 6.61 Å². The number of nitrogens with zero attached hydrogens (tertiary/aromatic N) is 3. The molecule has 106 valence electrons. The third-order valence-electron chi connectivity index (χ3n) is 3.06. The number of hydrogen-bond acceptors (Lipinski definition) is 3. The molecule has 0 bridgehead atoms. The van der Waals surface area contributed by atoms with Crippen molar-refractivity contribution in [2.45, 2.75) is 6.61 Å². The van der Waals surface area contributed by atoms with Crippen molar-refractivity contribution in [3.05, 3.63) is 66.0 Å². The van der Waals surface area contributed by atoms with Crippen LogP contribution in [0, 0.1) is 11.6 Å². The fraction of sp³-hybridized carbons (Fsp3) is 0.0667. The van der Waals surface area contributed by atoms with Gasteiger partial charge in [-0.3, -0.25) is 4.57 Å². The Morgan fingerprint density at radius 1 is 0.952 bits per heavy atom. The molecule has 4 nitrogen and oxygen atoms in total. The van der Waals surface area contributed by atoms with Crippen LogP contribution in [0.1, 0.15) is 5.82 Å². The molecule has 3 rings (SSSR count). The monoisotopic (exact) mass is 287 g/mol. The van der Waals surface area contributed by atoms with E-state index < -0.39 is 11.6 Å². The van der Waals surface area contributed by atoms with Gasteiger partial charge in [0.2, 0.25) is 0 Å². The van der Waals surface area contributed by atoms with Crippen molar-refractivity contribution in [2.24, 2.45) is 0 Å². The highest BCUT2D eigenvalue weighted by Crippen LogP contribution is 2.24. The second kappa shape index (κ2) is 5.41. The lowest BCUT2D eigenvalue weighted by molar-refractivity contribution is 0.269. The van der Waals surface area contributed by atoms with E-state index in [1.165, 1.54) is 6.07 Å². The van der Waals surface area contributed by atoms with Crippen LogP contribution in [-0.2, 0) is 6.61 Å². The Kier molecular flexibility index (Phi) is 3.45. The summed E-state index contributed by atoms with van der Waals surface area (Å²) in [7, 11) is 0. The molecule has 0 radical (unpaired) electrons. The van der Waals surface area contributed by atoms with E-state index in [0.717, 1.165) is 17.8 Å². The molecule has 0 amide bonds. The minimum atomic E-state index is -0.958. The van der Waals surface area contributed by atoms with Gasteiger partial charge >= 0.3 is 0 Å². The maximum atomic E-state index is 13.4. The lowest BCUT2D eigenvalue weighted by atomic mass is 10.2. The average Bonchev–Trinajstić information content (AvgIpc) is 2.95. The Balaban J connectivity index is 2.20. The molecular weight excluding hydrogens is 276 g/mol. The summed E-state index contributed by atoms with van der Waals surface area (Å²) >= 11 is 0. The standard InChI is InChI=1S/C15H11F2N3O/c16-12-7-6-10(8-13(12)17)15-19-18-14(9-21)20(15)11-4-2-1-3-5-11/h1-8,21H,9H2. The summed E-state index contributed by atoms with van der Waals surface area (Å²) in [6.45, 7) is -0.314. The highest BCUT2D eigenvalue weighted by atomic mass is 19.2. The first-order valence-corrected chi connectivity index (χ1v) is 6.26. The van der Waals surface area contributed by atoms with Gasteiger partial charge in [-0.15, -0.1) is 10.2 Å². The molecule has 0 aliphatic carbocycles. The van der Waals surface area contributed by atoms with Crippen molar-refractivity contribution in [1.82, 2.24) is 14.8 Å². The summed E-state index contributed by atoms with van der Waals surface area (Å²) in [6, 6.07) is 12.6. The fourth-order valence-electron chi connectivity index (χ4n) is 2.09. The molecule has 3 aromatic rings. The summed E-state index contributed by atoms with van der Waals surface area (Å²) in [4.78, 5) is 0. The van der Waals surface area contributed by atoms with Crippen LogP contribution in [0.2, 0.25) is 0 Å². The van der Waals surface area contributed by atoms with Crippen molar-refractivity contribution < 1.29 is 13.9 Å². The summed E-state index contributed by atoms with van der Waals surface area (Å²) in [5.74, 6) is -1.22. The smallest absolute Gasteiger partial charge is 0.168 e. The molecule has 0 spiro atoms. The Bertz CT molecular complexity index is 772. The van der Waals surface area contributed by atoms with Crippen LogP contribution in [0.15, 0.2) is 48.5 Å². The van der Waals surface area contributed by atoms with Gasteiger partial charge < -0.3 is 5.11 Å².